The molecule has 0 spiro atoms. The summed E-state index contributed by atoms with van der Waals surface area (Å²) in [5, 5.41) is 10.00. The van der Waals surface area contributed by atoms with Crippen molar-refractivity contribution in [3.05, 3.63) is 59.8 Å². The summed E-state index contributed by atoms with van der Waals surface area (Å²) < 4.78 is 11.9. The number of para-hydroxylation sites is 1. The van der Waals surface area contributed by atoms with Gasteiger partial charge in [0.05, 0.1) is 25.3 Å². The van der Waals surface area contributed by atoms with E-state index < -0.39 is 0 Å². The Labute approximate surface area is 133 Å². The summed E-state index contributed by atoms with van der Waals surface area (Å²) in [6.07, 6.45) is 1.55. The number of methoxy groups -OCH3 is 2. The van der Waals surface area contributed by atoms with Crippen molar-refractivity contribution in [3.63, 3.8) is 0 Å². The van der Waals surface area contributed by atoms with Gasteiger partial charge in [0, 0.05) is 23.2 Å². The summed E-state index contributed by atoms with van der Waals surface area (Å²) >= 11 is 0. The van der Waals surface area contributed by atoms with E-state index >= 15 is 0 Å². The minimum absolute atomic E-state index is 0.250. The van der Waals surface area contributed by atoms with E-state index in [0.717, 1.165) is 5.39 Å². The van der Waals surface area contributed by atoms with Crippen molar-refractivity contribution in [2.75, 3.05) is 14.2 Å². The molecule has 0 aliphatic heterocycles. The first-order chi connectivity index (χ1) is 11.2. The van der Waals surface area contributed by atoms with Gasteiger partial charge in [0.25, 0.3) is 5.91 Å². The fourth-order valence-electron chi connectivity index (χ4n) is 2.51. The summed E-state index contributed by atoms with van der Waals surface area (Å²) in [4.78, 5) is 12.9. The highest BCUT2D eigenvalue weighted by Gasteiger charge is 2.16. The van der Waals surface area contributed by atoms with E-state index in [1.54, 1.807) is 24.4 Å². The molecular weight excluding hydrogens is 292 g/mol. The molecule has 1 heterocycles. The van der Waals surface area contributed by atoms with Gasteiger partial charge in [-0.2, -0.15) is 5.26 Å². The van der Waals surface area contributed by atoms with E-state index in [2.05, 4.69) is 6.07 Å². The number of rotatable bonds is 3. The van der Waals surface area contributed by atoms with Crippen LogP contribution in [0.3, 0.4) is 0 Å². The van der Waals surface area contributed by atoms with E-state index in [9.17, 15) is 10.1 Å². The van der Waals surface area contributed by atoms with E-state index in [1.807, 2.05) is 24.3 Å². The number of fused-ring (bicyclic) bond motifs is 1. The number of carbonyl (C=O) groups excluding carboxylic acids is 1. The normalized spacial score (nSPS) is 10.3. The Bertz CT molecular complexity index is 913. The van der Waals surface area contributed by atoms with Gasteiger partial charge in [-0.15, -0.1) is 0 Å². The highest BCUT2D eigenvalue weighted by Crippen LogP contribution is 2.26. The molecule has 5 heteroatoms. The lowest BCUT2D eigenvalue weighted by Crippen LogP contribution is -2.11. The molecule has 0 unspecified atom stereocenters. The molecular formula is C18H14N2O3. The van der Waals surface area contributed by atoms with E-state index in [1.165, 1.54) is 18.8 Å². The predicted octanol–water partition coefficient (Wildman–Crippen LogP) is 3.22. The van der Waals surface area contributed by atoms with Crippen LogP contribution in [0, 0.1) is 11.3 Å². The highest BCUT2D eigenvalue weighted by molar-refractivity contribution is 6.04. The van der Waals surface area contributed by atoms with Crippen LogP contribution in [0.5, 0.6) is 11.5 Å². The minimum Gasteiger partial charge on any atom is -0.497 e. The molecule has 23 heavy (non-hydrogen) atoms. The molecule has 0 atom stereocenters. The number of carbonyl (C=O) groups is 1. The SMILES string of the molecule is COc1cc(OC)cc(C(=O)n2cc(C#N)c3ccccc32)c1. The Balaban J connectivity index is 2.17. The van der Waals surface area contributed by atoms with E-state index in [-0.39, 0.29) is 5.91 Å². The van der Waals surface area contributed by atoms with Crippen LogP contribution in [-0.2, 0) is 0 Å². The van der Waals surface area contributed by atoms with Crippen molar-refractivity contribution in [3.8, 4) is 17.6 Å². The summed E-state index contributed by atoms with van der Waals surface area (Å²) in [5.41, 5.74) is 1.58. The third-order valence-corrected chi connectivity index (χ3v) is 3.65. The molecule has 3 rings (SSSR count). The molecule has 2 aromatic carbocycles. The van der Waals surface area contributed by atoms with Crippen LogP contribution in [0.1, 0.15) is 15.9 Å². The van der Waals surface area contributed by atoms with Crippen molar-refractivity contribution < 1.29 is 14.3 Å². The van der Waals surface area contributed by atoms with Crippen molar-refractivity contribution in [1.29, 1.82) is 5.26 Å². The quantitative estimate of drug-likeness (QED) is 0.745. The lowest BCUT2D eigenvalue weighted by atomic mass is 10.1. The molecule has 114 valence electrons. The fraction of sp³-hybridized carbons (Fsp3) is 0.111. The van der Waals surface area contributed by atoms with Gasteiger partial charge in [-0.05, 0) is 18.2 Å². The third kappa shape index (κ3) is 2.51. The van der Waals surface area contributed by atoms with Crippen molar-refractivity contribution in [1.82, 2.24) is 4.57 Å². The van der Waals surface area contributed by atoms with Gasteiger partial charge < -0.3 is 9.47 Å². The van der Waals surface area contributed by atoms with Gasteiger partial charge in [-0.25, -0.2) is 0 Å². The van der Waals surface area contributed by atoms with Crippen LogP contribution in [0.15, 0.2) is 48.7 Å². The highest BCUT2D eigenvalue weighted by atomic mass is 16.5. The second kappa shape index (κ2) is 5.85. The molecule has 0 saturated heterocycles. The molecule has 5 nitrogen and oxygen atoms in total. The topological polar surface area (TPSA) is 64.2 Å². The first-order valence-electron chi connectivity index (χ1n) is 6.96. The van der Waals surface area contributed by atoms with E-state index in [4.69, 9.17) is 9.47 Å². The number of benzene rings is 2. The Kier molecular flexibility index (Phi) is 3.73. The van der Waals surface area contributed by atoms with Gasteiger partial charge in [0.1, 0.15) is 17.6 Å². The second-order valence-corrected chi connectivity index (χ2v) is 4.95. The molecule has 0 fully saturated rings. The molecule has 0 bridgehead atoms. The number of hydrogen-bond acceptors (Lipinski definition) is 4. The number of hydrogen-bond donors (Lipinski definition) is 0. The van der Waals surface area contributed by atoms with Crippen LogP contribution >= 0.6 is 0 Å². The zero-order chi connectivity index (χ0) is 16.4. The Hall–Kier alpha value is -3.26. The number of ether oxygens (including phenoxy) is 2. The van der Waals surface area contributed by atoms with Crippen LogP contribution in [0.25, 0.3) is 10.9 Å². The molecule has 0 saturated carbocycles. The average Bonchev–Trinajstić information content (AvgIpc) is 2.99. The number of nitriles is 1. The van der Waals surface area contributed by atoms with Gasteiger partial charge in [0.15, 0.2) is 0 Å². The lowest BCUT2D eigenvalue weighted by Gasteiger charge is -2.09. The maximum atomic E-state index is 12.9. The zero-order valence-corrected chi connectivity index (χ0v) is 12.7. The number of nitrogens with zero attached hydrogens (tertiary/aromatic N) is 2. The summed E-state index contributed by atoms with van der Waals surface area (Å²) in [5.74, 6) is 0.814. The van der Waals surface area contributed by atoms with Crippen molar-refractivity contribution >= 4 is 16.8 Å². The first kappa shape index (κ1) is 14.7. The lowest BCUT2D eigenvalue weighted by molar-refractivity contribution is 0.0964. The maximum absolute atomic E-state index is 12.9. The summed E-state index contributed by atoms with van der Waals surface area (Å²) in [6.45, 7) is 0. The van der Waals surface area contributed by atoms with Gasteiger partial charge in [-0.1, -0.05) is 18.2 Å². The minimum atomic E-state index is -0.250. The molecule has 0 aliphatic carbocycles. The largest absolute Gasteiger partial charge is 0.497 e. The van der Waals surface area contributed by atoms with Gasteiger partial charge in [-0.3, -0.25) is 9.36 Å². The average molecular weight is 306 g/mol. The molecule has 0 radical (unpaired) electrons. The smallest absolute Gasteiger partial charge is 0.262 e. The first-order valence-corrected chi connectivity index (χ1v) is 6.96. The Morgan fingerprint density at radius 1 is 1.09 bits per heavy atom. The molecule has 0 amide bonds. The summed E-state index contributed by atoms with van der Waals surface area (Å²) in [7, 11) is 3.06. The van der Waals surface area contributed by atoms with Crippen LogP contribution in [0.4, 0.5) is 0 Å². The summed E-state index contributed by atoms with van der Waals surface area (Å²) in [6, 6.07) is 14.4. The van der Waals surface area contributed by atoms with Crippen molar-refractivity contribution in [2.24, 2.45) is 0 Å². The van der Waals surface area contributed by atoms with E-state index in [0.29, 0.717) is 28.1 Å². The predicted molar refractivity (Wildman–Crippen MR) is 85.9 cm³/mol. The van der Waals surface area contributed by atoms with Crippen LogP contribution < -0.4 is 9.47 Å². The Morgan fingerprint density at radius 2 is 1.74 bits per heavy atom. The molecule has 0 aliphatic rings. The molecule has 3 aromatic rings. The van der Waals surface area contributed by atoms with Gasteiger partial charge >= 0.3 is 0 Å². The molecule has 1 aromatic heterocycles. The van der Waals surface area contributed by atoms with Crippen LogP contribution in [-0.4, -0.2) is 24.7 Å². The zero-order valence-electron chi connectivity index (χ0n) is 12.7. The molecule has 0 N–H and O–H groups in total. The maximum Gasteiger partial charge on any atom is 0.262 e. The number of aromatic nitrogens is 1. The Morgan fingerprint density at radius 3 is 2.35 bits per heavy atom. The van der Waals surface area contributed by atoms with Crippen molar-refractivity contribution in [2.45, 2.75) is 0 Å². The monoisotopic (exact) mass is 306 g/mol. The fourth-order valence-corrected chi connectivity index (χ4v) is 2.51. The second-order valence-electron chi connectivity index (χ2n) is 4.95. The standard InChI is InChI=1S/C18H14N2O3/c1-22-14-7-12(8-15(9-14)23-2)18(21)20-11-13(10-19)16-5-3-4-6-17(16)20/h3-9,11H,1-2H3. The third-order valence-electron chi connectivity index (χ3n) is 3.65. The van der Waals surface area contributed by atoms with Gasteiger partial charge in [0.2, 0.25) is 0 Å². The van der Waals surface area contributed by atoms with Crippen LogP contribution in [0.2, 0.25) is 0 Å².